The fourth-order valence-electron chi connectivity index (χ4n) is 2.94. The molecule has 9 heteroatoms. The van der Waals surface area contributed by atoms with Crippen LogP contribution in [0.4, 0.5) is 5.69 Å². The molecule has 1 unspecified atom stereocenters. The van der Waals surface area contributed by atoms with Crippen LogP contribution in [-0.4, -0.2) is 65.3 Å². The van der Waals surface area contributed by atoms with Gasteiger partial charge in [0.25, 0.3) is 0 Å². The van der Waals surface area contributed by atoms with Gasteiger partial charge in [0.15, 0.2) is 5.96 Å². The van der Waals surface area contributed by atoms with Crippen molar-refractivity contribution in [1.82, 2.24) is 10.6 Å². The van der Waals surface area contributed by atoms with Crippen LogP contribution < -0.4 is 15.5 Å². The minimum Gasteiger partial charge on any atom is -0.378 e. The Morgan fingerprint density at radius 2 is 1.96 bits per heavy atom. The summed E-state index contributed by atoms with van der Waals surface area (Å²) in [6.07, 6.45) is 1.81. The highest BCUT2D eigenvalue weighted by molar-refractivity contribution is 14.0. The van der Waals surface area contributed by atoms with Gasteiger partial charge in [-0.2, -0.15) is 0 Å². The summed E-state index contributed by atoms with van der Waals surface area (Å²) in [4.78, 5) is 7.05. The number of ether oxygens (including phenoxy) is 1. The highest BCUT2D eigenvalue weighted by Crippen LogP contribution is 2.22. The van der Waals surface area contributed by atoms with E-state index in [9.17, 15) is 8.42 Å². The van der Waals surface area contributed by atoms with E-state index in [2.05, 4.69) is 33.7 Å². The lowest BCUT2D eigenvalue weighted by molar-refractivity contribution is 0.122. The van der Waals surface area contributed by atoms with E-state index in [1.54, 1.807) is 0 Å². The van der Waals surface area contributed by atoms with Crippen LogP contribution in [0.15, 0.2) is 29.3 Å². The zero-order chi connectivity index (χ0) is 19.7. The molecule has 0 bridgehead atoms. The summed E-state index contributed by atoms with van der Waals surface area (Å²) >= 11 is 0. The summed E-state index contributed by atoms with van der Waals surface area (Å²) < 4.78 is 28.2. The van der Waals surface area contributed by atoms with Crippen LogP contribution in [0.2, 0.25) is 0 Å². The zero-order valence-electron chi connectivity index (χ0n) is 17.0. The fourth-order valence-corrected chi connectivity index (χ4v) is 3.72. The maximum atomic E-state index is 11.4. The second kappa shape index (κ2) is 12.5. The maximum Gasteiger partial charge on any atom is 0.191 e. The number of hydrogen-bond acceptors (Lipinski definition) is 5. The summed E-state index contributed by atoms with van der Waals surface area (Å²) in [5.74, 6) is 0.871. The molecule has 1 atom stereocenters. The van der Waals surface area contributed by atoms with Crippen molar-refractivity contribution in [3.63, 3.8) is 0 Å². The van der Waals surface area contributed by atoms with E-state index in [4.69, 9.17) is 9.73 Å². The molecule has 1 aromatic rings. The van der Waals surface area contributed by atoms with Gasteiger partial charge in [-0.05, 0) is 31.9 Å². The van der Waals surface area contributed by atoms with Gasteiger partial charge < -0.3 is 20.3 Å². The Hall–Kier alpha value is -1.07. The van der Waals surface area contributed by atoms with Crippen LogP contribution in [0.1, 0.15) is 25.8 Å². The average Bonchev–Trinajstić information content (AvgIpc) is 2.65. The molecule has 2 N–H and O–H groups in total. The van der Waals surface area contributed by atoms with Crippen molar-refractivity contribution in [2.75, 3.05) is 49.8 Å². The van der Waals surface area contributed by atoms with Gasteiger partial charge in [-0.25, -0.2) is 13.4 Å². The van der Waals surface area contributed by atoms with Crippen LogP contribution in [0.3, 0.4) is 0 Å². The molecule has 28 heavy (non-hydrogen) atoms. The van der Waals surface area contributed by atoms with Crippen LogP contribution in [-0.2, 0) is 21.1 Å². The number of aliphatic imine (C=N–C) groups is 1. The quantitative estimate of drug-likeness (QED) is 0.308. The Kier molecular flexibility index (Phi) is 11.1. The Bertz CT molecular complexity index is 722. The molecule has 1 fully saturated rings. The fraction of sp³-hybridized carbons (Fsp3) is 0.632. The second-order valence-corrected chi connectivity index (χ2v) is 9.15. The maximum absolute atomic E-state index is 11.4. The molecule has 1 aliphatic heterocycles. The Morgan fingerprint density at radius 1 is 1.29 bits per heavy atom. The number of hydrogen-bond donors (Lipinski definition) is 2. The molecule has 1 saturated heterocycles. The van der Waals surface area contributed by atoms with E-state index >= 15 is 0 Å². The summed E-state index contributed by atoms with van der Waals surface area (Å²) in [6.45, 7) is 8.57. The molecule has 1 aliphatic rings. The van der Waals surface area contributed by atoms with Gasteiger partial charge in [0.05, 0.1) is 25.5 Å². The van der Waals surface area contributed by atoms with Crippen molar-refractivity contribution in [3.8, 4) is 0 Å². The predicted octanol–water partition coefficient (Wildman–Crippen LogP) is 2.02. The molecular formula is C19H33IN4O3S. The highest BCUT2D eigenvalue weighted by Gasteiger charge is 2.14. The van der Waals surface area contributed by atoms with Gasteiger partial charge in [-0.15, -0.1) is 24.0 Å². The summed E-state index contributed by atoms with van der Waals surface area (Å²) in [6, 6.07) is 8.33. The molecule has 2 rings (SSSR count). The molecule has 0 radical (unpaired) electrons. The lowest BCUT2D eigenvalue weighted by Gasteiger charge is -2.30. The number of benzene rings is 1. The van der Waals surface area contributed by atoms with Crippen LogP contribution in [0.25, 0.3) is 0 Å². The van der Waals surface area contributed by atoms with E-state index in [-0.39, 0.29) is 35.8 Å². The summed E-state index contributed by atoms with van der Waals surface area (Å²) in [5.41, 5.74) is 2.37. The Morgan fingerprint density at radius 3 is 2.61 bits per heavy atom. The highest BCUT2D eigenvalue weighted by atomic mass is 127. The van der Waals surface area contributed by atoms with E-state index in [1.165, 1.54) is 17.5 Å². The van der Waals surface area contributed by atoms with E-state index in [0.717, 1.165) is 32.8 Å². The van der Waals surface area contributed by atoms with Crippen LogP contribution in [0, 0.1) is 0 Å². The second-order valence-electron chi connectivity index (χ2n) is 6.89. The number of nitrogens with zero attached hydrogens (tertiary/aromatic N) is 2. The van der Waals surface area contributed by atoms with Gasteiger partial charge in [0, 0.05) is 37.6 Å². The lowest BCUT2D eigenvalue weighted by atomic mass is 10.1. The van der Waals surface area contributed by atoms with Gasteiger partial charge >= 0.3 is 0 Å². The van der Waals surface area contributed by atoms with Gasteiger partial charge in [0.1, 0.15) is 9.84 Å². The normalized spacial score (nSPS) is 16.2. The Balaban J connectivity index is 0.00000392. The van der Waals surface area contributed by atoms with Crippen LogP contribution >= 0.6 is 24.0 Å². The smallest absolute Gasteiger partial charge is 0.191 e. The molecule has 0 aliphatic carbocycles. The van der Waals surface area contributed by atoms with E-state index in [1.807, 2.05) is 19.9 Å². The molecule has 7 nitrogen and oxygen atoms in total. The van der Waals surface area contributed by atoms with E-state index < -0.39 is 9.84 Å². The number of rotatable bonds is 8. The first-order valence-electron chi connectivity index (χ1n) is 9.52. The number of guanidine groups is 1. The minimum atomic E-state index is -2.96. The third-order valence-electron chi connectivity index (χ3n) is 4.40. The molecule has 0 amide bonds. The topological polar surface area (TPSA) is 83.0 Å². The van der Waals surface area contributed by atoms with Crippen LogP contribution in [0.5, 0.6) is 0 Å². The summed E-state index contributed by atoms with van der Waals surface area (Å²) in [7, 11) is -2.96. The first-order valence-corrected chi connectivity index (χ1v) is 11.6. The van der Waals surface area contributed by atoms with Crippen molar-refractivity contribution in [2.45, 2.75) is 32.9 Å². The lowest BCUT2D eigenvalue weighted by Crippen LogP contribution is -2.42. The third-order valence-corrected chi connectivity index (χ3v) is 5.38. The van der Waals surface area contributed by atoms with Crippen molar-refractivity contribution in [1.29, 1.82) is 0 Å². The largest absolute Gasteiger partial charge is 0.378 e. The standard InChI is InChI=1S/C19H32N4O3S.HI/c1-4-20-19(22-16(2)9-14-27(3,24)25)21-15-17-7-5-6-8-18(17)23-10-12-26-13-11-23;/h5-8,16H,4,9-15H2,1-3H3,(H2,20,21,22);1H. The monoisotopic (exact) mass is 524 g/mol. The van der Waals surface area contributed by atoms with Gasteiger partial charge in [0.2, 0.25) is 0 Å². The van der Waals surface area contributed by atoms with E-state index in [0.29, 0.717) is 18.9 Å². The number of sulfone groups is 1. The molecule has 1 heterocycles. The number of morpholine rings is 1. The molecule has 0 aromatic heterocycles. The zero-order valence-corrected chi connectivity index (χ0v) is 20.1. The third kappa shape index (κ3) is 8.95. The number of nitrogens with one attached hydrogen (secondary N) is 2. The average molecular weight is 524 g/mol. The molecule has 1 aromatic carbocycles. The SMILES string of the molecule is CCNC(=NCc1ccccc1N1CCOCC1)NC(C)CCS(C)(=O)=O.I. The van der Waals surface area contributed by atoms with Crippen molar-refractivity contribution in [2.24, 2.45) is 4.99 Å². The Labute approximate surface area is 186 Å². The summed E-state index contributed by atoms with van der Waals surface area (Å²) in [5, 5.41) is 6.54. The first kappa shape index (κ1) is 25.0. The molecule has 0 spiro atoms. The van der Waals surface area contributed by atoms with Crippen molar-refractivity contribution in [3.05, 3.63) is 29.8 Å². The number of para-hydroxylation sites is 1. The first-order chi connectivity index (χ1) is 12.9. The van der Waals surface area contributed by atoms with Crippen molar-refractivity contribution < 1.29 is 13.2 Å². The minimum absolute atomic E-state index is 0. The molecular weight excluding hydrogens is 491 g/mol. The van der Waals surface area contributed by atoms with Gasteiger partial charge in [-0.3, -0.25) is 0 Å². The number of halogens is 1. The predicted molar refractivity (Wildman–Crippen MR) is 127 cm³/mol. The number of anilines is 1. The molecule has 160 valence electrons. The van der Waals surface area contributed by atoms with Gasteiger partial charge in [-0.1, -0.05) is 18.2 Å². The van der Waals surface area contributed by atoms with Crippen molar-refractivity contribution >= 4 is 45.5 Å². The molecule has 0 saturated carbocycles.